The van der Waals surface area contributed by atoms with Crippen molar-refractivity contribution in [3.63, 3.8) is 0 Å². The topological polar surface area (TPSA) is 78.5 Å². The molecule has 170 valence electrons. The van der Waals surface area contributed by atoms with Crippen molar-refractivity contribution in [2.24, 2.45) is 0 Å². The van der Waals surface area contributed by atoms with Crippen molar-refractivity contribution in [1.82, 2.24) is 10.2 Å². The van der Waals surface area contributed by atoms with Gasteiger partial charge in [0, 0.05) is 5.69 Å². The van der Waals surface area contributed by atoms with Crippen LogP contribution < -0.4 is 10.6 Å². The Kier molecular flexibility index (Phi) is 6.24. The third-order valence-corrected chi connectivity index (χ3v) is 5.62. The van der Waals surface area contributed by atoms with E-state index in [9.17, 15) is 27.6 Å². The van der Waals surface area contributed by atoms with Gasteiger partial charge in [-0.05, 0) is 42.2 Å². The third-order valence-electron chi connectivity index (χ3n) is 5.29. The molecular weight excluding hydrogens is 447 g/mol. The van der Waals surface area contributed by atoms with E-state index in [2.05, 4.69) is 10.6 Å². The van der Waals surface area contributed by atoms with Gasteiger partial charge in [0.1, 0.15) is 12.1 Å². The number of imide groups is 1. The van der Waals surface area contributed by atoms with Gasteiger partial charge in [-0.2, -0.15) is 13.2 Å². The highest BCUT2D eigenvalue weighted by Crippen LogP contribution is 2.36. The van der Waals surface area contributed by atoms with Crippen molar-refractivity contribution < 1.29 is 27.6 Å². The van der Waals surface area contributed by atoms with Crippen molar-refractivity contribution in [2.45, 2.75) is 38.4 Å². The lowest BCUT2D eigenvalue weighted by Gasteiger charge is -2.22. The fourth-order valence-corrected chi connectivity index (χ4v) is 3.63. The average molecular weight is 468 g/mol. The molecule has 32 heavy (non-hydrogen) atoms. The van der Waals surface area contributed by atoms with Crippen LogP contribution in [0.2, 0.25) is 5.02 Å². The number of carbonyl (C=O) groups is 3. The minimum absolute atomic E-state index is 0.161. The van der Waals surface area contributed by atoms with E-state index in [0.717, 1.165) is 16.5 Å². The molecule has 1 saturated heterocycles. The first-order valence-electron chi connectivity index (χ1n) is 9.74. The van der Waals surface area contributed by atoms with Gasteiger partial charge >= 0.3 is 12.2 Å². The van der Waals surface area contributed by atoms with E-state index in [1.165, 1.54) is 13.0 Å². The maximum atomic E-state index is 13.0. The zero-order chi connectivity index (χ0) is 23.8. The standard InChI is InChI=1S/C22H21ClF3N3O3/c1-12(2)13-4-6-14(7-5-13)21(3)19(31)29(20(32)28-21)11-18(30)27-15-8-9-17(23)16(10-15)22(24,25)26/h4-10,12H,11H2,1-3H3,(H,27,30)(H,28,32). The normalized spacial score (nSPS) is 18.8. The van der Waals surface area contributed by atoms with Crippen LogP contribution in [-0.2, 0) is 21.3 Å². The fourth-order valence-electron chi connectivity index (χ4n) is 3.40. The number of hydrogen-bond donors (Lipinski definition) is 2. The predicted molar refractivity (Wildman–Crippen MR) is 113 cm³/mol. The van der Waals surface area contributed by atoms with Gasteiger partial charge < -0.3 is 10.6 Å². The minimum atomic E-state index is -4.70. The van der Waals surface area contributed by atoms with E-state index in [1.54, 1.807) is 12.1 Å². The van der Waals surface area contributed by atoms with E-state index in [4.69, 9.17) is 11.6 Å². The van der Waals surface area contributed by atoms with Crippen LogP contribution in [0.5, 0.6) is 0 Å². The average Bonchev–Trinajstić information content (AvgIpc) is 2.92. The largest absolute Gasteiger partial charge is 0.417 e. The lowest BCUT2D eigenvalue weighted by atomic mass is 9.90. The summed E-state index contributed by atoms with van der Waals surface area (Å²) in [5, 5.41) is 4.35. The van der Waals surface area contributed by atoms with Crippen LogP contribution in [-0.4, -0.2) is 29.3 Å². The number of nitrogens with zero attached hydrogens (tertiary/aromatic N) is 1. The number of carbonyl (C=O) groups excluding carboxylic acids is 3. The summed E-state index contributed by atoms with van der Waals surface area (Å²) in [5.74, 6) is -1.18. The van der Waals surface area contributed by atoms with Gasteiger partial charge in [0.25, 0.3) is 5.91 Å². The lowest BCUT2D eigenvalue weighted by Crippen LogP contribution is -2.42. The molecule has 0 saturated carbocycles. The lowest BCUT2D eigenvalue weighted by molar-refractivity contribution is -0.137. The highest BCUT2D eigenvalue weighted by atomic mass is 35.5. The number of anilines is 1. The highest BCUT2D eigenvalue weighted by Gasteiger charge is 2.49. The summed E-state index contributed by atoms with van der Waals surface area (Å²) in [6.07, 6.45) is -4.70. The molecule has 0 aliphatic carbocycles. The molecule has 3 rings (SSSR count). The molecule has 6 nitrogen and oxygen atoms in total. The first kappa shape index (κ1) is 23.6. The Bertz CT molecular complexity index is 1070. The molecule has 1 atom stereocenters. The second-order valence-electron chi connectivity index (χ2n) is 7.96. The number of rotatable bonds is 5. The zero-order valence-electron chi connectivity index (χ0n) is 17.5. The molecule has 1 unspecified atom stereocenters. The SMILES string of the molecule is CC(C)c1ccc(C2(C)NC(=O)N(CC(=O)Nc3ccc(Cl)c(C(F)(F)F)c3)C2=O)cc1. The molecular formula is C22H21ClF3N3O3. The van der Waals surface area contributed by atoms with E-state index < -0.39 is 46.7 Å². The number of benzene rings is 2. The summed E-state index contributed by atoms with van der Waals surface area (Å²) in [5.41, 5.74) is -1.02. The van der Waals surface area contributed by atoms with Crippen LogP contribution >= 0.6 is 11.6 Å². The summed E-state index contributed by atoms with van der Waals surface area (Å²) in [4.78, 5) is 38.5. The minimum Gasteiger partial charge on any atom is -0.325 e. The first-order chi connectivity index (χ1) is 14.8. The van der Waals surface area contributed by atoms with E-state index >= 15 is 0 Å². The smallest absolute Gasteiger partial charge is 0.325 e. The molecule has 0 bridgehead atoms. The Labute approximate surface area is 187 Å². The van der Waals surface area contributed by atoms with Crippen molar-refractivity contribution in [3.8, 4) is 0 Å². The number of halogens is 4. The predicted octanol–water partition coefficient (Wildman–Crippen LogP) is 4.89. The summed E-state index contributed by atoms with van der Waals surface area (Å²) in [7, 11) is 0. The first-order valence-corrected chi connectivity index (χ1v) is 10.1. The summed E-state index contributed by atoms with van der Waals surface area (Å²) in [6, 6.07) is 9.32. The van der Waals surface area contributed by atoms with Crippen molar-refractivity contribution in [2.75, 3.05) is 11.9 Å². The zero-order valence-corrected chi connectivity index (χ0v) is 18.3. The number of hydrogen-bond acceptors (Lipinski definition) is 3. The molecule has 1 aliphatic rings. The van der Waals surface area contributed by atoms with E-state index in [-0.39, 0.29) is 11.6 Å². The molecule has 0 radical (unpaired) electrons. The number of urea groups is 1. The quantitative estimate of drug-likeness (QED) is 0.615. The number of amides is 4. The van der Waals surface area contributed by atoms with Crippen LogP contribution in [0, 0.1) is 0 Å². The molecule has 2 N–H and O–H groups in total. The Hall–Kier alpha value is -3.07. The Morgan fingerprint density at radius 1 is 1.16 bits per heavy atom. The second-order valence-corrected chi connectivity index (χ2v) is 8.37. The van der Waals surface area contributed by atoms with Crippen molar-refractivity contribution in [1.29, 1.82) is 0 Å². The van der Waals surface area contributed by atoms with Gasteiger partial charge in [-0.25, -0.2) is 4.79 Å². The van der Waals surface area contributed by atoms with Crippen molar-refractivity contribution >= 4 is 35.1 Å². The van der Waals surface area contributed by atoms with Gasteiger partial charge in [0.15, 0.2) is 0 Å². The monoisotopic (exact) mass is 467 g/mol. The number of alkyl halides is 3. The molecule has 1 fully saturated rings. The van der Waals surface area contributed by atoms with E-state index in [0.29, 0.717) is 11.6 Å². The van der Waals surface area contributed by atoms with Crippen LogP contribution in [0.3, 0.4) is 0 Å². The summed E-state index contributed by atoms with van der Waals surface area (Å²) < 4.78 is 39.0. The number of nitrogens with one attached hydrogen (secondary N) is 2. The van der Waals surface area contributed by atoms with Gasteiger partial charge in [0.2, 0.25) is 5.91 Å². The second kappa shape index (κ2) is 8.46. The van der Waals surface area contributed by atoms with Crippen molar-refractivity contribution in [3.05, 3.63) is 64.2 Å². The maximum absolute atomic E-state index is 13.0. The third kappa shape index (κ3) is 4.57. The Morgan fingerprint density at radius 2 is 1.78 bits per heavy atom. The van der Waals surface area contributed by atoms with Crippen LogP contribution in [0.4, 0.5) is 23.7 Å². The van der Waals surface area contributed by atoms with E-state index in [1.807, 2.05) is 26.0 Å². The van der Waals surface area contributed by atoms with Crippen LogP contribution in [0.1, 0.15) is 43.4 Å². The molecule has 1 heterocycles. The highest BCUT2D eigenvalue weighted by molar-refractivity contribution is 6.31. The molecule has 0 spiro atoms. The fraction of sp³-hybridized carbons (Fsp3) is 0.318. The molecule has 1 aliphatic heterocycles. The molecule has 2 aromatic carbocycles. The summed E-state index contributed by atoms with van der Waals surface area (Å²) in [6.45, 7) is 4.93. The summed E-state index contributed by atoms with van der Waals surface area (Å²) >= 11 is 5.57. The molecule has 10 heteroatoms. The Balaban J connectivity index is 1.75. The van der Waals surface area contributed by atoms with Crippen LogP contribution in [0.15, 0.2) is 42.5 Å². The maximum Gasteiger partial charge on any atom is 0.417 e. The van der Waals surface area contributed by atoms with Gasteiger partial charge in [-0.1, -0.05) is 49.7 Å². The molecule has 4 amide bonds. The van der Waals surface area contributed by atoms with Gasteiger partial charge in [-0.3, -0.25) is 14.5 Å². The van der Waals surface area contributed by atoms with Gasteiger partial charge in [-0.15, -0.1) is 0 Å². The van der Waals surface area contributed by atoms with Crippen LogP contribution in [0.25, 0.3) is 0 Å². The van der Waals surface area contributed by atoms with Gasteiger partial charge in [0.05, 0.1) is 10.6 Å². The Morgan fingerprint density at radius 3 is 2.34 bits per heavy atom. The molecule has 0 aromatic heterocycles. The molecule has 2 aromatic rings.